The quantitative estimate of drug-likeness (QED) is 0.610. The Bertz CT molecular complexity index is 949. The van der Waals surface area contributed by atoms with Crippen molar-refractivity contribution in [1.29, 1.82) is 0 Å². The summed E-state index contributed by atoms with van der Waals surface area (Å²) in [6.45, 7) is 0. The first-order valence-corrected chi connectivity index (χ1v) is 6.73. The van der Waals surface area contributed by atoms with Crippen molar-refractivity contribution in [2.75, 3.05) is 5.73 Å². The summed E-state index contributed by atoms with van der Waals surface area (Å²) in [5, 5.41) is 3.96. The van der Waals surface area contributed by atoms with Crippen molar-refractivity contribution in [3.05, 3.63) is 54.6 Å². The average Bonchev–Trinajstić information content (AvgIpc) is 3.05. The highest BCUT2D eigenvalue weighted by atomic mass is 16.5. The van der Waals surface area contributed by atoms with Gasteiger partial charge in [0.05, 0.1) is 11.0 Å². The first-order valence-electron chi connectivity index (χ1n) is 6.73. The van der Waals surface area contributed by atoms with Gasteiger partial charge >= 0.3 is 0 Å². The summed E-state index contributed by atoms with van der Waals surface area (Å²) in [5.41, 5.74) is 8.70. The second-order valence-electron chi connectivity index (χ2n) is 4.74. The number of rotatable bonds is 2. The largest absolute Gasteiger partial charge is 0.382 e. The van der Waals surface area contributed by atoms with E-state index in [0.29, 0.717) is 17.4 Å². The summed E-state index contributed by atoms with van der Waals surface area (Å²) in [5.74, 6) is 1.03. The number of anilines is 1. The molecule has 0 aliphatic heterocycles. The van der Waals surface area contributed by atoms with Crippen molar-refractivity contribution in [2.45, 2.75) is 0 Å². The molecule has 0 aliphatic rings. The number of hydrogen-bond donors (Lipinski definition) is 1. The predicted octanol–water partition coefficient (Wildman–Crippen LogP) is 2.93. The summed E-state index contributed by atoms with van der Waals surface area (Å²) in [6, 6.07) is 17.0. The van der Waals surface area contributed by atoms with E-state index in [1.165, 1.54) is 0 Å². The van der Waals surface area contributed by atoms with Gasteiger partial charge in [0.15, 0.2) is 11.5 Å². The molecule has 22 heavy (non-hydrogen) atoms. The molecule has 2 aromatic carbocycles. The third-order valence-corrected chi connectivity index (χ3v) is 3.26. The van der Waals surface area contributed by atoms with Gasteiger partial charge < -0.3 is 10.3 Å². The maximum Gasteiger partial charge on any atom is 0.258 e. The molecule has 2 aromatic heterocycles. The molecule has 0 saturated heterocycles. The lowest BCUT2D eigenvalue weighted by molar-refractivity contribution is 0.432. The number of aromatic nitrogens is 4. The maximum atomic E-state index is 5.97. The molecule has 0 aliphatic carbocycles. The monoisotopic (exact) mass is 289 g/mol. The van der Waals surface area contributed by atoms with E-state index < -0.39 is 0 Å². The van der Waals surface area contributed by atoms with Gasteiger partial charge in [-0.25, -0.2) is 9.97 Å². The van der Waals surface area contributed by atoms with Crippen LogP contribution in [0.15, 0.2) is 59.1 Å². The molecular weight excluding hydrogens is 278 g/mol. The van der Waals surface area contributed by atoms with Gasteiger partial charge in [0.1, 0.15) is 0 Å². The lowest BCUT2D eigenvalue weighted by atomic mass is 10.2. The zero-order valence-corrected chi connectivity index (χ0v) is 11.5. The Hall–Kier alpha value is -3.28. The smallest absolute Gasteiger partial charge is 0.258 e. The molecule has 2 N–H and O–H groups in total. The Labute approximate surface area is 125 Å². The van der Waals surface area contributed by atoms with E-state index in [2.05, 4.69) is 20.1 Å². The van der Waals surface area contributed by atoms with Crippen LogP contribution in [0.5, 0.6) is 0 Å². The Morgan fingerprint density at radius 3 is 2.23 bits per heavy atom. The number of para-hydroxylation sites is 2. The van der Waals surface area contributed by atoms with Crippen LogP contribution in [-0.2, 0) is 0 Å². The fourth-order valence-corrected chi connectivity index (χ4v) is 2.20. The molecule has 4 aromatic rings. The second kappa shape index (κ2) is 4.92. The number of nitrogens with zero attached hydrogens (tertiary/aromatic N) is 4. The Morgan fingerprint density at radius 1 is 0.773 bits per heavy atom. The molecule has 0 spiro atoms. The highest BCUT2D eigenvalue weighted by molar-refractivity contribution is 5.80. The molecular formula is C16H11N5O. The molecule has 6 nitrogen and oxygen atoms in total. The van der Waals surface area contributed by atoms with Gasteiger partial charge in [-0.3, -0.25) is 0 Å². The van der Waals surface area contributed by atoms with Crippen LogP contribution < -0.4 is 5.73 Å². The van der Waals surface area contributed by atoms with Crippen LogP contribution in [0.3, 0.4) is 0 Å². The molecule has 0 atom stereocenters. The van der Waals surface area contributed by atoms with Crippen molar-refractivity contribution in [2.24, 2.45) is 0 Å². The average molecular weight is 289 g/mol. The highest BCUT2D eigenvalue weighted by Gasteiger charge is 2.15. The van der Waals surface area contributed by atoms with Crippen LogP contribution in [0, 0.1) is 0 Å². The van der Waals surface area contributed by atoms with E-state index in [9.17, 15) is 0 Å². The summed E-state index contributed by atoms with van der Waals surface area (Å²) in [7, 11) is 0. The fourth-order valence-electron chi connectivity index (χ4n) is 2.20. The van der Waals surface area contributed by atoms with E-state index in [4.69, 9.17) is 10.3 Å². The Morgan fingerprint density at radius 2 is 1.45 bits per heavy atom. The second-order valence-corrected chi connectivity index (χ2v) is 4.74. The first kappa shape index (κ1) is 12.5. The molecule has 6 heteroatoms. The molecule has 0 saturated carbocycles. The number of benzene rings is 2. The third-order valence-electron chi connectivity index (χ3n) is 3.26. The number of nitrogen functional groups attached to an aromatic ring is 1. The van der Waals surface area contributed by atoms with E-state index in [1.807, 2.05) is 54.6 Å². The summed E-state index contributed by atoms with van der Waals surface area (Å²) < 4.78 is 5.29. The molecule has 0 radical (unpaired) electrons. The van der Waals surface area contributed by atoms with E-state index >= 15 is 0 Å². The molecule has 0 fully saturated rings. The van der Waals surface area contributed by atoms with Crippen LogP contribution in [0.2, 0.25) is 0 Å². The van der Waals surface area contributed by atoms with Crippen LogP contribution in [0.25, 0.3) is 34.0 Å². The van der Waals surface area contributed by atoms with Gasteiger partial charge in [-0.05, 0) is 24.3 Å². The maximum absolute atomic E-state index is 5.97. The number of nitrogens with two attached hydrogens (primary N) is 1. The summed E-state index contributed by atoms with van der Waals surface area (Å²) in [6.07, 6.45) is 0. The van der Waals surface area contributed by atoms with Crippen LogP contribution >= 0.6 is 0 Å². The van der Waals surface area contributed by atoms with Crippen LogP contribution in [0.4, 0.5) is 5.82 Å². The molecule has 2 heterocycles. The molecule has 0 bridgehead atoms. The van der Waals surface area contributed by atoms with Gasteiger partial charge in [0, 0.05) is 5.56 Å². The van der Waals surface area contributed by atoms with Gasteiger partial charge in [-0.15, -0.1) is 0 Å². The van der Waals surface area contributed by atoms with Gasteiger partial charge in [-0.2, -0.15) is 4.98 Å². The topological polar surface area (TPSA) is 90.7 Å². The standard InChI is InChI=1S/C16H11N5O/c17-14-13(18-11-8-4-5-9-12(11)19-14)15-20-16(22-21-15)10-6-2-1-3-7-10/h1-9H,(H2,17,19). The lowest BCUT2D eigenvalue weighted by Gasteiger charge is -2.02. The van der Waals surface area contributed by atoms with E-state index in [1.54, 1.807) is 0 Å². The lowest BCUT2D eigenvalue weighted by Crippen LogP contribution is -1.99. The summed E-state index contributed by atoms with van der Waals surface area (Å²) >= 11 is 0. The SMILES string of the molecule is Nc1nc2ccccc2nc1-c1noc(-c2ccccc2)n1. The van der Waals surface area contributed by atoms with Crippen molar-refractivity contribution < 1.29 is 4.52 Å². The zero-order valence-electron chi connectivity index (χ0n) is 11.5. The van der Waals surface area contributed by atoms with Crippen molar-refractivity contribution in [3.8, 4) is 23.0 Å². The van der Waals surface area contributed by atoms with Crippen LogP contribution in [-0.4, -0.2) is 20.1 Å². The van der Waals surface area contributed by atoms with Gasteiger partial charge in [0.2, 0.25) is 5.82 Å². The minimum atomic E-state index is 0.277. The van der Waals surface area contributed by atoms with Crippen molar-refractivity contribution in [1.82, 2.24) is 20.1 Å². The fraction of sp³-hybridized carbons (Fsp3) is 0. The van der Waals surface area contributed by atoms with Crippen molar-refractivity contribution in [3.63, 3.8) is 0 Å². The Kier molecular flexibility index (Phi) is 2.79. The third kappa shape index (κ3) is 2.07. The summed E-state index contributed by atoms with van der Waals surface area (Å²) in [4.78, 5) is 13.2. The predicted molar refractivity (Wildman–Crippen MR) is 82.7 cm³/mol. The Balaban J connectivity index is 1.82. The normalized spacial score (nSPS) is 10.9. The minimum absolute atomic E-state index is 0.277. The van der Waals surface area contributed by atoms with E-state index in [0.717, 1.165) is 16.6 Å². The molecule has 106 valence electrons. The first-order chi connectivity index (χ1) is 10.8. The van der Waals surface area contributed by atoms with Gasteiger partial charge in [0.25, 0.3) is 5.89 Å². The minimum Gasteiger partial charge on any atom is -0.382 e. The number of hydrogen-bond acceptors (Lipinski definition) is 6. The van der Waals surface area contributed by atoms with Crippen LogP contribution in [0.1, 0.15) is 0 Å². The molecule has 0 unspecified atom stereocenters. The van der Waals surface area contributed by atoms with Gasteiger partial charge in [-0.1, -0.05) is 35.5 Å². The zero-order chi connectivity index (χ0) is 14.9. The van der Waals surface area contributed by atoms with E-state index in [-0.39, 0.29) is 5.82 Å². The highest BCUT2D eigenvalue weighted by Crippen LogP contribution is 2.25. The molecule has 4 rings (SSSR count). The number of fused-ring (bicyclic) bond motifs is 1. The molecule has 0 amide bonds. The van der Waals surface area contributed by atoms with Crippen molar-refractivity contribution >= 4 is 16.9 Å².